The van der Waals surface area contributed by atoms with Crippen molar-refractivity contribution in [3.05, 3.63) is 23.8 Å². The van der Waals surface area contributed by atoms with Crippen LogP contribution in [0.15, 0.2) is 18.2 Å². The van der Waals surface area contributed by atoms with E-state index < -0.39 is 12.1 Å². The first-order valence-electron chi connectivity index (χ1n) is 4.81. The molecule has 0 radical (unpaired) electrons. The molecule has 0 aromatic heterocycles. The Hall–Kier alpha value is -1.75. The van der Waals surface area contributed by atoms with Gasteiger partial charge in [-0.2, -0.15) is 0 Å². The summed E-state index contributed by atoms with van der Waals surface area (Å²) in [6, 6.07) is 4.16. The Morgan fingerprint density at radius 1 is 1.50 bits per heavy atom. The van der Waals surface area contributed by atoms with Crippen molar-refractivity contribution in [3.63, 3.8) is 0 Å². The van der Waals surface area contributed by atoms with Gasteiger partial charge in [-0.3, -0.25) is 0 Å². The van der Waals surface area contributed by atoms with Crippen molar-refractivity contribution in [2.45, 2.75) is 13.0 Å². The smallest absolute Gasteiger partial charge is 0.339 e. The van der Waals surface area contributed by atoms with E-state index in [9.17, 15) is 15.0 Å². The molecule has 1 atom stereocenters. The molecule has 1 aromatic carbocycles. The van der Waals surface area contributed by atoms with Gasteiger partial charge in [0.1, 0.15) is 0 Å². The molecule has 0 amide bonds. The van der Waals surface area contributed by atoms with Crippen LogP contribution >= 0.6 is 0 Å². The van der Waals surface area contributed by atoms with E-state index in [1.165, 1.54) is 25.3 Å². The predicted octanol–water partition coefficient (Wildman–Crippen LogP) is 0.997. The average Bonchev–Trinajstić information content (AvgIpc) is 2.29. The maximum absolute atomic E-state index is 11.3. The number of aliphatic hydroxyl groups excluding tert-OH is 1. The zero-order valence-electron chi connectivity index (χ0n) is 9.14. The molecule has 16 heavy (non-hydrogen) atoms. The van der Waals surface area contributed by atoms with Crippen LogP contribution in [0.25, 0.3) is 0 Å². The summed E-state index contributed by atoms with van der Waals surface area (Å²) < 4.78 is 9.53. The zero-order chi connectivity index (χ0) is 12.1. The Morgan fingerprint density at radius 2 is 2.19 bits per heavy atom. The molecule has 0 spiro atoms. The van der Waals surface area contributed by atoms with E-state index in [1.807, 2.05) is 0 Å². The first-order chi connectivity index (χ1) is 7.60. The molecule has 5 nitrogen and oxygen atoms in total. The number of rotatable bonds is 4. The van der Waals surface area contributed by atoms with Crippen LogP contribution in [0.4, 0.5) is 0 Å². The summed E-state index contributed by atoms with van der Waals surface area (Å²) in [5.41, 5.74) is 0.313. The highest BCUT2D eigenvalue weighted by molar-refractivity contribution is 5.76. The quantitative estimate of drug-likeness (QED) is 0.749. The molecule has 1 aromatic rings. The molecule has 88 valence electrons. The van der Waals surface area contributed by atoms with Crippen molar-refractivity contribution in [3.8, 4) is 11.5 Å². The van der Waals surface area contributed by atoms with Crippen LogP contribution in [0.2, 0.25) is 0 Å². The van der Waals surface area contributed by atoms with E-state index >= 15 is 0 Å². The highest BCUT2D eigenvalue weighted by Crippen LogP contribution is 2.29. The van der Waals surface area contributed by atoms with Gasteiger partial charge in [0.2, 0.25) is 0 Å². The Morgan fingerprint density at radius 3 is 2.75 bits per heavy atom. The number of hydrogen-bond donors (Lipinski definition) is 2. The second-order valence-corrected chi connectivity index (χ2v) is 3.09. The standard InChI is InChI=1S/C11H14O5/c1-3-16-11(14)10(13)7-4-5-8(12)9(6-7)15-2/h4-6,10,12-13H,3H2,1-2H3/t10-/m1/s1. The van der Waals surface area contributed by atoms with E-state index in [0.29, 0.717) is 5.56 Å². The number of aromatic hydroxyl groups is 1. The van der Waals surface area contributed by atoms with Crippen molar-refractivity contribution >= 4 is 5.97 Å². The van der Waals surface area contributed by atoms with Crippen LogP contribution in [-0.2, 0) is 9.53 Å². The molecule has 0 saturated heterocycles. The van der Waals surface area contributed by atoms with Gasteiger partial charge in [0.05, 0.1) is 13.7 Å². The lowest BCUT2D eigenvalue weighted by molar-refractivity contribution is -0.153. The van der Waals surface area contributed by atoms with Gasteiger partial charge in [-0.05, 0) is 24.6 Å². The van der Waals surface area contributed by atoms with Crippen molar-refractivity contribution in [1.82, 2.24) is 0 Å². The second-order valence-electron chi connectivity index (χ2n) is 3.09. The third-order valence-electron chi connectivity index (χ3n) is 2.03. The minimum absolute atomic E-state index is 0.0534. The lowest BCUT2D eigenvalue weighted by Crippen LogP contribution is -2.15. The van der Waals surface area contributed by atoms with Gasteiger partial charge in [-0.1, -0.05) is 6.07 Å². The number of methoxy groups -OCH3 is 1. The number of carbonyl (C=O) groups is 1. The monoisotopic (exact) mass is 226 g/mol. The van der Waals surface area contributed by atoms with Crippen LogP contribution in [-0.4, -0.2) is 29.9 Å². The summed E-state index contributed by atoms with van der Waals surface area (Å²) in [5.74, 6) is -0.585. The van der Waals surface area contributed by atoms with Crippen LogP contribution in [0.3, 0.4) is 0 Å². The highest BCUT2D eigenvalue weighted by atomic mass is 16.5. The fourth-order valence-electron chi connectivity index (χ4n) is 1.22. The molecule has 0 aliphatic rings. The average molecular weight is 226 g/mol. The van der Waals surface area contributed by atoms with Crippen LogP contribution < -0.4 is 4.74 Å². The maximum atomic E-state index is 11.3. The summed E-state index contributed by atoms with van der Waals surface area (Å²) >= 11 is 0. The van der Waals surface area contributed by atoms with Crippen molar-refractivity contribution in [2.75, 3.05) is 13.7 Å². The molecule has 0 bridgehead atoms. The van der Waals surface area contributed by atoms with Crippen LogP contribution in [0, 0.1) is 0 Å². The fraction of sp³-hybridized carbons (Fsp3) is 0.364. The molecular formula is C11H14O5. The molecule has 2 N–H and O–H groups in total. The van der Waals surface area contributed by atoms with Crippen molar-refractivity contribution in [1.29, 1.82) is 0 Å². The molecule has 0 saturated carbocycles. The Bertz CT molecular complexity index is 375. The number of phenols is 1. The zero-order valence-corrected chi connectivity index (χ0v) is 9.14. The summed E-state index contributed by atoms with van der Waals surface area (Å²) in [4.78, 5) is 11.3. The minimum atomic E-state index is -1.37. The third-order valence-corrected chi connectivity index (χ3v) is 2.03. The van der Waals surface area contributed by atoms with Gasteiger partial charge in [0, 0.05) is 0 Å². The van der Waals surface area contributed by atoms with Crippen LogP contribution in [0.5, 0.6) is 11.5 Å². The van der Waals surface area contributed by atoms with Crippen molar-refractivity contribution in [2.24, 2.45) is 0 Å². The van der Waals surface area contributed by atoms with E-state index in [0.717, 1.165) is 0 Å². The maximum Gasteiger partial charge on any atom is 0.339 e. The summed E-state index contributed by atoms with van der Waals surface area (Å²) in [5, 5.41) is 19.0. The molecule has 1 rings (SSSR count). The van der Waals surface area contributed by atoms with Gasteiger partial charge < -0.3 is 19.7 Å². The largest absolute Gasteiger partial charge is 0.504 e. The predicted molar refractivity (Wildman–Crippen MR) is 56.3 cm³/mol. The van der Waals surface area contributed by atoms with Gasteiger partial charge in [-0.25, -0.2) is 4.79 Å². The van der Waals surface area contributed by atoms with Gasteiger partial charge in [0.25, 0.3) is 0 Å². The molecule has 0 aliphatic heterocycles. The highest BCUT2D eigenvalue weighted by Gasteiger charge is 2.19. The Kier molecular flexibility index (Phi) is 4.13. The lowest BCUT2D eigenvalue weighted by atomic mass is 10.1. The first-order valence-corrected chi connectivity index (χ1v) is 4.81. The molecule has 0 fully saturated rings. The number of aliphatic hydroxyl groups is 1. The number of benzene rings is 1. The van der Waals surface area contributed by atoms with Gasteiger partial charge in [-0.15, -0.1) is 0 Å². The van der Waals surface area contributed by atoms with E-state index in [4.69, 9.17) is 4.74 Å². The molecular weight excluding hydrogens is 212 g/mol. The normalized spacial score (nSPS) is 11.9. The molecule has 0 heterocycles. The minimum Gasteiger partial charge on any atom is -0.504 e. The van der Waals surface area contributed by atoms with Gasteiger partial charge in [0.15, 0.2) is 17.6 Å². The number of phenolic OH excluding ortho intramolecular Hbond substituents is 1. The molecule has 0 unspecified atom stereocenters. The summed E-state index contributed by atoms with van der Waals surface area (Å²) in [6.07, 6.45) is -1.37. The summed E-state index contributed by atoms with van der Waals surface area (Å²) in [6.45, 7) is 1.85. The number of esters is 1. The molecule has 5 heteroatoms. The first kappa shape index (κ1) is 12.3. The number of hydrogen-bond acceptors (Lipinski definition) is 5. The van der Waals surface area contributed by atoms with Crippen LogP contribution in [0.1, 0.15) is 18.6 Å². The topological polar surface area (TPSA) is 76.0 Å². The Balaban J connectivity index is 2.91. The van der Waals surface area contributed by atoms with Gasteiger partial charge >= 0.3 is 5.97 Å². The van der Waals surface area contributed by atoms with E-state index in [2.05, 4.69) is 4.74 Å². The lowest BCUT2D eigenvalue weighted by Gasteiger charge is -2.11. The fourth-order valence-corrected chi connectivity index (χ4v) is 1.22. The van der Waals surface area contributed by atoms with Crippen molar-refractivity contribution < 1.29 is 24.5 Å². The number of ether oxygens (including phenoxy) is 2. The third kappa shape index (κ3) is 2.64. The second kappa shape index (κ2) is 5.37. The molecule has 0 aliphatic carbocycles. The van der Waals surface area contributed by atoms with E-state index in [1.54, 1.807) is 6.92 Å². The van der Waals surface area contributed by atoms with E-state index in [-0.39, 0.29) is 18.1 Å². The Labute approximate surface area is 93.2 Å². The summed E-state index contributed by atoms with van der Waals surface area (Å²) in [7, 11) is 1.38. The number of carbonyl (C=O) groups excluding carboxylic acids is 1. The SMILES string of the molecule is CCOC(=O)[C@H](O)c1ccc(O)c(OC)c1.